The monoisotopic (exact) mass is 287 g/mol. The van der Waals surface area contributed by atoms with E-state index in [2.05, 4.69) is 0 Å². The van der Waals surface area contributed by atoms with Gasteiger partial charge in [0.05, 0.1) is 27.4 Å². The average Bonchev–Trinajstić information content (AvgIpc) is 2.47. The maximum absolute atomic E-state index is 12.6. The van der Waals surface area contributed by atoms with Crippen molar-refractivity contribution in [1.29, 1.82) is 0 Å². The lowest BCUT2D eigenvalue weighted by atomic mass is 10.3. The zero-order valence-corrected chi connectivity index (χ0v) is 11.8. The van der Waals surface area contributed by atoms with Crippen molar-refractivity contribution in [3.63, 3.8) is 0 Å². The minimum atomic E-state index is -3.59. The molecule has 0 saturated carbocycles. The lowest BCUT2D eigenvalue weighted by molar-refractivity contribution is 0.0729. The molecule has 0 spiro atoms. The van der Waals surface area contributed by atoms with Crippen molar-refractivity contribution in [2.24, 2.45) is 0 Å². The van der Waals surface area contributed by atoms with Crippen LogP contribution in [0.2, 0.25) is 0 Å². The van der Waals surface area contributed by atoms with Gasteiger partial charge in [-0.2, -0.15) is 4.31 Å². The van der Waals surface area contributed by atoms with Crippen molar-refractivity contribution >= 4 is 10.0 Å². The van der Waals surface area contributed by atoms with Crippen LogP contribution in [0.15, 0.2) is 23.1 Å². The molecule has 0 aliphatic carbocycles. The predicted molar refractivity (Wildman–Crippen MR) is 69.1 cm³/mol. The fourth-order valence-electron chi connectivity index (χ4n) is 1.91. The highest BCUT2D eigenvalue weighted by molar-refractivity contribution is 7.89. The number of benzene rings is 1. The molecular formula is C12H17NO5S. The molecule has 1 aliphatic heterocycles. The maximum atomic E-state index is 12.6. The van der Waals surface area contributed by atoms with Crippen molar-refractivity contribution in [3.05, 3.63) is 18.2 Å². The Hall–Kier alpha value is -1.31. The van der Waals surface area contributed by atoms with Crippen molar-refractivity contribution in [2.45, 2.75) is 4.90 Å². The maximum Gasteiger partial charge on any atom is 0.247 e. The van der Waals surface area contributed by atoms with Crippen LogP contribution in [0.1, 0.15) is 0 Å². The Morgan fingerprint density at radius 1 is 1.16 bits per heavy atom. The SMILES string of the molecule is COc1ccc(OC)c(S(=O)(=O)N2CCOCC2)c1. The minimum absolute atomic E-state index is 0.122. The summed E-state index contributed by atoms with van der Waals surface area (Å²) in [5.74, 6) is 0.792. The van der Waals surface area contributed by atoms with Gasteiger partial charge in [-0.05, 0) is 12.1 Å². The van der Waals surface area contributed by atoms with Crippen LogP contribution in [0.3, 0.4) is 0 Å². The number of morpholine rings is 1. The van der Waals surface area contributed by atoms with E-state index in [1.807, 2.05) is 0 Å². The van der Waals surface area contributed by atoms with Gasteiger partial charge in [0.2, 0.25) is 10.0 Å². The molecule has 19 heavy (non-hydrogen) atoms. The molecule has 1 fully saturated rings. The van der Waals surface area contributed by atoms with Crippen molar-refractivity contribution in [1.82, 2.24) is 4.31 Å². The molecule has 0 bridgehead atoms. The van der Waals surface area contributed by atoms with Gasteiger partial charge in [0.1, 0.15) is 16.4 Å². The average molecular weight is 287 g/mol. The lowest BCUT2D eigenvalue weighted by Crippen LogP contribution is -2.40. The Bertz CT molecular complexity index is 537. The third kappa shape index (κ3) is 2.83. The van der Waals surface area contributed by atoms with Crippen LogP contribution in [0.25, 0.3) is 0 Å². The Morgan fingerprint density at radius 2 is 1.84 bits per heavy atom. The molecule has 0 unspecified atom stereocenters. The number of hydrogen-bond acceptors (Lipinski definition) is 5. The van der Waals surface area contributed by atoms with Crippen LogP contribution in [0, 0.1) is 0 Å². The number of methoxy groups -OCH3 is 2. The van der Waals surface area contributed by atoms with Gasteiger partial charge in [-0.3, -0.25) is 0 Å². The van der Waals surface area contributed by atoms with Gasteiger partial charge in [0.25, 0.3) is 0 Å². The fraction of sp³-hybridized carbons (Fsp3) is 0.500. The van der Waals surface area contributed by atoms with Gasteiger partial charge in [0, 0.05) is 19.2 Å². The van der Waals surface area contributed by atoms with Crippen LogP contribution >= 0.6 is 0 Å². The lowest BCUT2D eigenvalue weighted by Gasteiger charge is -2.26. The molecule has 1 aromatic carbocycles. The van der Waals surface area contributed by atoms with E-state index in [1.54, 1.807) is 12.1 Å². The third-order valence-corrected chi connectivity index (χ3v) is 4.88. The minimum Gasteiger partial charge on any atom is -0.497 e. The summed E-state index contributed by atoms with van der Waals surface area (Å²) in [6.45, 7) is 1.52. The Labute approximate surface area is 112 Å². The first-order valence-corrected chi connectivity index (χ1v) is 7.33. The van der Waals surface area contributed by atoms with Crippen LogP contribution in [-0.2, 0) is 14.8 Å². The molecule has 0 atom stereocenters. The highest BCUT2D eigenvalue weighted by atomic mass is 32.2. The Morgan fingerprint density at radius 3 is 2.42 bits per heavy atom. The first-order chi connectivity index (χ1) is 9.09. The second kappa shape index (κ2) is 5.77. The van der Waals surface area contributed by atoms with Gasteiger partial charge >= 0.3 is 0 Å². The smallest absolute Gasteiger partial charge is 0.247 e. The fourth-order valence-corrected chi connectivity index (χ4v) is 3.49. The van der Waals surface area contributed by atoms with Crippen LogP contribution in [0.4, 0.5) is 0 Å². The summed E-state index contributed by atoms with van der Waals surface area (Å²) in [4.78, 5) is 0.122. The van der Waals surface area contributed by atoms with E-state index in [4.69, 9.17) is 14.2 Å². The highest BCUT2D eigenvalue weighted by Gasteiger charge is 2.29. The molecule has 1 saturated heterocycles. The highest BCUT2D eigenvalue weighted by Crippen LogP contribution is 2.30. The van der Waals surface area contributed by atoms with Crippen LogP contribution in [-0.4, -0.2) is 53.2 Å². The zero-order chi connectivity index (χ0) is 13.9. The summed E-state index contributed by atoms with van der Waals surface area (Å²) in [6, 6.07) is 4.73. The zero-order valence-electron chi connectivity index (χ0n) is 11.0. The van der Waals surface area contributed by atoms with Gasteiger partial charge in [-0.25, -0.2) is 8.42 Å². The molecular weight excluding hydrogens is 270 g/mol. The van der Waals surface area contributed by atoms with Crippen molar-refractivity contribution < 1.29 is 22.6 Å². The normalized spacial score (nSPS) is 17.2. The summed E-state index contributed by atoms with van der Waals surface area (Å²) in [5.41, 5.74) is 0. The summed E-state index contributed by atoms with van der Waals surface area (Å²) >= 11 is 0. The van der Waals surface area contributed by atoms with E-state index in [-0.39, 0.29) is 4.90 Å². The molecule has 0 radical (unpaired) electrons. The molecule has 1 heterocycles. The molecule has 1 aliphatic rings. The number of ether oxygens (including phenoxy) is 3. The molecule has 7 heteroatoms. The standard InChI is InChI=1S/C12H17NO5S/c1-16-10-3-4-11(17-2)12(9-10)19(14,15)13-5-7-18-8-6-13/h3-4,9H,5-8H2,1-2H3. The Kier molecular flexibility index (Phi) is 4.28. The molecule has 106 valence electrons. The number of hydrogen-bond donors (Lipinski definition) is 0. The van der Waals surface area contributed by atoms with E-state index in [1.165, 1.54) is 24.6 Å². The quantitative estimate of drug-likeness (QED) is 0.816. The topological polar surface area (TPSA) is 65.1 Å². The summed E-state index contributed by atoms with van der Waals surface area (Å²) < 4.78 is 41.9. The second-order valence-corrected chi connectivity index (χ2v) is 5.94. The number of nitrogens with zero attached hydrogens (tertiary/aromatic N) is 1. The molecule has 0 N–H and O–H groups in total. The molecule has 1 aromatic rings. The number of sulfonamides is 1. The van der Waals surface area contributed by atoms with E-state index in [9.17, 15) is 8.42 Å². The molecule has 0 amide bonds. The summed E-state index contributed by atoms with van der Waals surface area (Å²) in [6.07, 6.45) is 0. The molecule has 6 nitrogen and oxygen atoms in total. The molecule has 0 aromatic heterocycles. The van der Waals surface area contributed by atoms with Crippen LogP contribution in [0.5, 0.6) is 11.5 Å². The van der Waals surface area contributed by atoms with Gasteiger partial charge < -0.3 is 14.2 Å². The number of rotatable bonds is 4. The van der Waals surface area contributed by atoms with Crippen LogP contribution < -0.4 is 9.47 Å². The molecule has 2 rings (SSSR count). The van der Waals surface area contributed by atoms with E-state index < -0.39 is 10.0 Å². The predicted octanol–water partition coefficient (Wildman–Crippen LogP) is 0.725. The summed E-state index contributed by atoms with van der Waals surface area (Å²) in [5, 5.41) is 0. The Balaban J connectivity index is 2.43. The van der Waals surface area contributed by atoms with E-state index in [0.29, 0.717) is 37.8 Å². The third-order valence-electron chi connectivity index (χ3n) is 2.96. The van der Waals surface area contributed by atoms with Crippen molar-refractivity contribution in [3.8, 4) is 11.5 Å². The van der Waals surface area contributed by atoms with Gasteiger partial charge in [0.15, 0.2) is 0 Å². The first-order valence-electron chi connectivity index (χ1n) is 5.89. The largest absolute Gasteiger partial charge is 0.497 e. The van der Waals surface area contributed by atoms with E-state index in [0.717, 1.165) is 0 Å². The summed E-state index contributed by atoms with van der Waals surface area (Å²) in [7, 11) is -0.651. The van der Waals surface area contributed by atoms with Crippen molar-refractivity contribution in [2.75, 3.05) is 40.5 Å². The van der Waals surface area contributed by atoms with E-state index >= 15 is 0 Å². The first kappa shape index (κ1) is 14.1. The van der Waals surface area contributed by atoms with Gasteiger partial charge in [-0.1, -0.05) is 0 Å². The second-order valence-electron chi connectivity index (χ2n) is 4.03. The van der Waals surface area contributed by atoms with Gasteiger partial charge in [-0.15, -0.1) is 0 Å².